The van der Waals surface area contributed by atoms with Crippen LogP contribution >= 0.6 is 11.3 Å². The molecule has 1 amide bonds. The second-order valence-corrected chi connectivity index (χ2v) is 16.2. The number of anilines is 1. The van der Waals surface area contributed by atoms with E-state index in [0.29, 0.717) is 16.5 Å². The first kappa shape index (κ1) is 34.4. The van der Waals surface area contributed by atoms with Crippen LogP contribution in [0.25, 0.3) is 0 Å². The van der Waals surface area contributed by atoms with Gasteiger partial charge in [0.2, 0.25) is 5.91 Å². The smallest absolute Gasteiger partial charge is 0.348 e. The number of aromatic carboxylic acids is 1. The van der Waals surface area contributed by atoms with Crippen molar-refractivity contribution in [2.75, 3.05) is 18.0 Å². The monoisotopic (exact) mass is 626 g/mol. The summed E-state index contributed by atoms with van der Waals surface area (Å²) in [4.78, 5) is 31.7. The van der Waals surface area contributed by atoms with E-state index in [0.717, 1.165) is 83.2 Å². The fourth-order valence-electron chi connectivity index (χ4n) is 6.59. The van der Waals surface area contributed by atoms with Gasteiger partial charge in [-0.25, -0.2) is 4.79 Å². The second kappa shape index (κ2) is 14.3. The highest BCUT2D eigenvalue weighted by atomic mass is 32.1. The molecule has 4 rings (SSSR count). The topological polar surface area (TPSA) is 79.3 Å². The lowest BCUT2D eigenvalue weighted by Crippen LogP contribution is -2.47. The van der Waals surface area contributed by atoms with Crippen LogP contribution in [0.15, 0.2) is 18.5 Å². The molecule has 1 aromatic heterocycles. The second-order valence-electron chi connectivity index (χ2n) is 15.2. The Morgan fingerprint density at radius 3 is 2.09 bits per heavy atom. The summed E-state index contributed by atoms with van der Waals surface area (Å²) in [7, 11) is 0. The number of ether oxygens (including phenoxy) is 2. The summed E-state index contributed by atoms with van der Waals surface area (Å²) < 4.78 is 12.6. The highest BCUT2D eigenvalue weighted by Gasteiger charge is 2.38. The highest BCUT2D eigenvalue weighted by molar-refractivity contribution is 7.15. The summed E-state index contributed by atoms with van der Waals surface area (Å²) in [6.07, 6.45) is 9.36. The van der Waals surface area contributed by atoms with Gasteiger partial charge in [0.1, 0.15) is 10.5 Å². The van der Waals surface area contributed by atoms with Gasteiger partial charge in [0, 0.05) is 30.5 Å². The lowest BCUT2D eigenvalue weighted by molar-refractivity contribution is -0.124. The van der Waals surface area contributed by atoms with Gasteiger partial charge in [-0.1, -0.05) is 18.8 Å². The number of carboxylic acids is 1. The van der Waals surface area contributed by atoms with Crippen LogP contribution in [0.4, 0.5) is 5.69 Å². The maximum Gasteiger partial charge on any atom is 0.348 e. The van der Waals surface area contributed by atoms with Gasteiger partial charge in [-0.05, 0) is 124 Å². The van der Waals surface area contributed by atoms with Gasteiger partial charge in [0.25, 0.3) is 0 Å². The fourth-order valence-corrected chi connectivity index (χ4v) is 7.44. The molecule has 1 aromatic rings. The van der Waals surface area contributed by atoms with Crippen molar-refractivity contribution < 1.29 is 24.2 Å². The number of rotatable bonds is 8. The van der Waals surface area contributed by atoms with Gasteiger partial charge in [0.15, 0.2) is 5.88 Å². The SMILES string of the molecule is C=C(OC(C)(C)C)N1CCC(OC2CCC(N(C(=O)C3CCC(C)CC3)c3cc(C#CC(C)(C)C)sc3C(=O)O)CC2)CC1. The Labute approximate surface area is 269 Å². The molecule has 2 saturated carbocycles. The van der Waals surface area contributed by atoms with E-state index in [1.165, 1.54) is 11.3 Å². The zero-order chi connectivity index (χ0) is 32.2. The molecular weight excluding hydrogens is 572 g/mol. The number of carboxylic acid groups (broad SMARTS) is 1. The molecule has 8 heteroatoms. The maximum atomic E-state index is 14.2. The summed E-state index contributed by atoms with van der Waals surface area (Å²) >= 11 is 1.18. The van der Waals surface area contributed by atoms with Crippen molar-refractivity contribution in [2.24, 2.45) is 17.3 Å². The fraction of sp³-hybridized carbons (Fsp3) is 0.722. The molecule has 0 aromatic carbocycles. The minimum absolute atomic E-state index is 0.0439. The molecule has 2 aliphatic carbocycles. The Morgan fingerprint density at radius 2 is 1.55 bits per heavy atom. The van der Waals surface area contributed by atoms with Crippen LogP contribution in [0.5, 0.6) is 0 Å². The predicted molar refractivity (Wildman–Crippen MR) is 178 cm³/mol. The third-order valence-electron chi connectivity index (χ3n) is 8.94. The molecule has 1 aliphatic heterocycles. The van der Waals surface area contributed by atoms with Gasteiger partial charge in [-0.2, -0.15) is 0 Å². The number of likely N-dealkylation sites (tertiary alicyclic amines) is 1. The molecule has 1 saturated heterocycles. The Bertz CT molecular complexity index is 1220. The number of amides is 1. The van der Waals surface area contributed by atoms with Gasteiger partial charge in [-0.3, -0.25) is 4.79 Å². The Kier molecular flexibility index (Phi) is 11.2. The third-order valence-corrected chi connectivity index (χ3v) is 9.97. The van der Waals surface area contributed by atoms with E-state index in [4.69, 9.17) is 9.47 Å². The van der Waals surface area contributed by atoms with E-state index < -0.39 is 5.97 Å². The molecule has 1 N–H and O–H groups in total. The molecule has 0 spiro atoms. The number of hydrogen-bond donors (Lipinski definition) is 1. The maximum absolute atomic E-state index is 14.2. The van der Waals surface area contributed by atoms with Crippen molar-refractivity contribution in [1.29, 1.82) is 0 Å². The Morgan fingerprint density at radius 1 is 0.955 bits per heavy atom. The summed E-state index contributed by atoms with van der Waals surface area (Å²) in [5, 5.41) is 10.2. The van der Waals surface area contributed by atoms with E-state index in [1.54, 1.807) is 0 Å². The zero-order valence-corrected chi connectivity index (χ0v) is 28.9. The molecule has 0 radical (unpaired) electrons. The van der Waals surface area contributed by atoms with Crippen LogP contribution in [0.1, 0.15) is 127 Å². The lowest BCUT2D eigenvalue weighted by atomic mass is 9.81. The van der Waals surface area contributed by atoms with Crippen molar-refractivity contribution in [1.82, 2.24) is 4.90 Å². The zero-order valence-electron chi connectivity index (χ0n) is 28.0. The van der Waals surface area contributed by atoms with Gasteiger partial charge >= 0.3 is 5.97 Å². The summed E-state index contributed by atoms with van der Waals surface area (Å²) in [6.45, 7) is 20.3. The van der Waals surface area contributed by atoms with Crippen LogP contribution in [0, 0.1) is 29.1 Å². The van der Waals surface area contributed by atoms with Crippen LogP contribution in [-0.4, -0.2) is 58.8 Å². The molecule has 0 unspecified atom stereocenters. The average molecular weight is 627 g/mol. The minimum atomic E-state index is -0.997. The van der Waals surface area contributed by atoms with Crippen LogP contribution < -0.4 is 4.90 Å². The van der Waals surface area contributed by atoms with E-state index in [-0.39, 0.29) is 46.0 Å². The first-order valence-electron chi connectivity index (χ1n) is 16.6. The van der Waals surface area contributed by atoms with Crippen LogP contribution in [0.3, 0.4) is 0 Å². The molecule has 244 valence electrons. The third kappa shape index (κ3) is 9.50. The molecule has 3 fully saturated rings. The molecule has 3 aliphatic rings. The van der Waals surface area contributed by atoms with Crippen molar-refractivity contribution in [2.45, 2.75) is 137 Å². The van der Waals surface area contributed by atoms with Crippen LogP contribution in [-0.2, 0) is 14.3 Å². The van der Waals surface area contributed by atoms with E-state index in [2.05, 4.69) is 30.2 Å². The normalized spacial score (nSPS) is 25.1. The van der Waals surface area contributed by atoms with E-state index >= 15 is 0 Å². The molecule has 7 nitrogen and oxygen atoms in total. The number of carbonyl (C=O) groups excluding carboxylic acids is 1. The largest absolute Gasteiger partial charge is 0.477 e. The predicted octanol–water partition coefficient (Wildman–Crippen LogP) is 8.08. The Balaban J connectivity index is 1.45. The van der Waals surface area contributed by atoms with Crippen molar-refractivity contribution >= 4 is 28.9 Å². The van der Waals surface area contributed by atoms with Crippen LogP contribution in [0.2, 0.25) is 0 Å². The van der Waals surface area contributed by atoms with Gasteiger partial charge < -0.3 is 24.4 Å². The van der Waals surface area contributed by atoms with Gasteiger partial charge in [0.05, 0.1) is 22.8 Å². The quantitative estimate of drug-likeness (QED) is 0.232. The highest BCUT2D eigenvalue weighted by Crippen LogP contribution is 2.39. The van der Waals surface area contributed by atoms with Gasteiger partial charge in [-0.15, -0.1) is 11.3 Å². The standard InChI is InChI=1S/C36H54N2O5S/c1-24-9-11-26(12-10-24)33(39)38(31-23-30(17-20-35(3,4)5)44-32(31)34(40)41)27-13-15-28(16-14-27)42-29-18-21-37(22-19-29)25(2)43-36(6,7)8/h23-24,26-29H,2,9-16,18-19,21-22H2,1,3-8H3,(H,40,41). The number of hydrogen-bond acceptors (Lipinski definition) is 6. The van der Waals surface area contributed by atoms with Crippen molar-refractivity contribution in [3.8, 4) is 11.8 Å². The number of nitrogens with zero attached hydrogens (tertiary/aromatic N) is 2. The molecule has 0 bridgehead atoms. The average Bonchev–Trinajstić information content (AvgIpc) is 3.37. The molecule has 0 atom stereocenters. The number of thiophene rings is 1. The van der Waals surface area contributed by atoms with E-state index in [1.807, 2.05) is 52.5 Å². The van der Waals surface area contributed by atoms with Crippen molar-refractivity contribution in [3.05, 3.63) is 28.3 Å². The molecule has 44 heavy (non-hydrogen) atoms. The van der Waals surface area contributed by atoms with Crippen molar-refractivity contribution in [3.63, 3.8) is 0 Å². The summed E-state index contributed by atoms with van der Waals surface area (Å²) in [5.41, 5.74) is 0.0628. The first-order valence-corrected chi connectivity index (χ1v) is 17.4. The van der Waals surface area contributed by atoms with E-state index in [9.17, 15) is 14.7 Å². The number of carbonyl (C=O) groups is 2. The minimum Gasteiger partial charge on any atom is -0.477 e. The summed E-state index contributed by atoms with van der Waals surface area (Å²) in [6, 6.07) is 1.81. The number of piperidine rings is 1. The molecule has 2 heterocycles. The first-order chi connectivity index (χ1) is 20.6. The lowest BCUT2D eigenvalue weighted by Gasteiger charge is -2.41. The molecular formula is C36H54N2O5S. The summed E-state index contributed by atoms with van der Waals surface area (Å²) in [5.74, 6) is 6.80. The Hall–Kier alpha value is -2.50.